The molecule has 146 valence electrons. The molecule has 0 unspecified atom stereocenters. The summed E-state index contributed by atoms with van der Waals surface area (Å²) in [5.41, 5.74) is -0.557. The quantitative estimate of drug-likeness (QED) is 0.391. The lowest BCUT2D eigenvalue weighted by Crippen LogP contribution is -2.66. The molecule has 0 aliphatic rings. The Hall–Kier alpha value is -0.740. The maximum Gasteiger partial charge on any atom is 0.384 e. The first-order chi connectivity index (χ1) is 10.2. The van der Waals surface area contributed by atoms with E-state index in [0.29, 0.717) is 0 Å². The lowest BCUT2D eigenvalue weighted by Gasteiger charge is -2.38. The number of hydrogen-bond donors (Lipinski definition) is 0. The largest absolute Gasteiger partial charge is 0.384 e. The highest BCUT2D eigenvalue weighted by molar-refractivity contribution is 5.07. The standard InChI is InChI=1S/C13H18F10O/c1-8(2,3)7-24-6-5-10(16,17)12(20,21)13(22,23)11(18,19)9(4,14)15/h5-7H2,1-4H3. The summed E-state index contributed by atoms with van der Waals surface area (Å²) in [6.45, 7) is 2.67. The Balaban J connectivity index is 5.32. The monoisotopic (exact) mass is 380 g/mol. The Morgan fingerprint density at radius 3 is 1.38 bits per heavy atom. The molecule has 0 radical (unpaired) electrons. The maximum absolute atomic E-state index is 13.3. The fourth-order valence-electron chi connectivity index (χ4n) is 1.44. The van der Waals surface area contributed by atoms with Gasteiger partial charge in [-0.25, -0.2) is 0 Å². The Morgan fingerprint density at radius 1 is 0.625 bits per heavy atom. The van der Waals surface area contributed by atoms with E-state index in [1.807, 2.05) is 0 Å². The van der Waals surface area contributed by atoms with Crippen LogP contribution in [0.1, 0.15) is 34.1 Å². The molecular formula is C13H18F10O. The average molecular weight is 380 g/mol. The molecule has 1 nitrogen and oxygen atoms in total. The molecule has 0 fully saturated rings. The van der Waals surface area contributed by atoms with Crippen LogP contribution in [0.15, 0.2) is 0 Å². The fraction of sp³-hybridized carbons (Fsp3) is 1.00. The Labute approximate surface area is 132 Å². The van der Waals surface area contributed by atoms with Gasteiger partial charge in [-0.3, -0.25) is 0 Å². The summed E-state index contributed by atoms with van der Waals surface area (Å²) in [5, 5.41) is 0. The Morgan fingerprint density at radius 2 is 1.04 bits per heavy atom. The van der Waals surface area contributed by atoms with Gasteiger partial charge in [-0.15, -0.1) is 0 Å². The van der Waals surface area contributed by atoms with Crippen LogP contribution in [0.2, 0.25) is 0 Å². The molecule has 0 aliphatic heterocycles. The number of ether oxygens (including phenoxy) is 1. The lowest BCUT2D eigenvalue weighted by atomic mass is 9.93. The summed E-state index contributed by atoms with van der Waals surface area (Å²) >= 11 is 0. The topological polar surface area (TPSA) is 9.23 Å². The van der Waals surface area contributed by atoms with Crippen molar-refractivity contribution in [2.45, 2.75) is 63.7 Å². The molecule has 0 saturated heterocycles. The minimum absolute atomic E-state index is 0.200. The van der Waals surface area contributed by atoms with Gasteiger partial charge in [0.1, 0.15) is 0 Å². The van der Waals surface area contributed by atoms with Gasteiger partial charge in [0.25, 0.3) is 0 Å². The van der Waals surface area contributed by atoms with Crippen molar-refractivity contribution in [1.82, 2.24) is 0 Å². The number of halogens is 10. The molecule has 0 aromatic carbocycles. The van der Waals surface area contributed by atoms with Crippen LogP contribution in [0.25, 0.3) is 0 Å². The van der Waals surface area contributed by atoms with Crippen molar-refractivity contribution in [1.29, 1.82) is 0 Å². The minimum Gasteiger partial charge on any atom is -0.381 e. The van der Waals surface area contributed by atoms with Gasteiger partial charge >= 0.3 is 29.6 Å². The number of rotatable bonds is 8. The van der Waals surface area contributed by atoms with Crippen molar-refractivity contribution >= 4 is 0 Å². The van der Waals surface area contributed by atoms with E-state index < -0.39 is 55.0 Å². The molecule has 24 heavy (non-hydrogen) atoms. The maximum atomic E-state index is 13.3. The smallest absolute Gasteiger partial charge is 0.381 e. The number of alkyl halides is 10. The molecule has 0 heterocycles. The van der Waals surface area contributed by atoms with Crippen molar-refractivity contribution in [3.8, 4) is 0 Å². The van der Waals surface area contributed by atoms with Crippen molar-refractivity contribution in [2.75, 3.05) is 13.2 Å². The van der Waals surface area contributed by atoms with E-state index in [0.717, 1.165) is 0 Å². The van der Waals surface area contributed by atoms with Gasteiger partial charge in [0.2, 0.25) is 0 Å². The molecule has 11 heteroatoms. The third kappa shape index (κ3) is 4.45. The first kappa shape index (κ1) is 23.3. The Bertz CT molecular complexity index is 419. The van der Waals surface area contributed by atoms with Gasteiger partial charge in [-0.1, -0.05) is 20.8 Å². The van der Waals surface area contributed by atoms with Gasteiger partial charge in [0.15, 0.2) is 0 Å². The highest BCUT2D eigenvalue weighted by Gasteiger charge is 2.84. The predicted molar refractivity (Wildman–Crippen MR) is 65.3 cm³/mol. The summed E-state index contributed by atoms with van der Waals surface area (Å²) in [6.07, 6.45) is -2.04. The molecular weight excluding hydrogens is 362 g/mol. The van der Waals surface area contributed by atoms with Gasteiger partial charge in [0, 0.05) is 13.3 Å². The summed E-state index contributed by atoms with van der Waals surface area (Å²) in [4.78, 5) is 0. The van der Waals surface area contributed by atoms with Crippen LogP contribution < -0.4 is 0 Å². The van der Waals surface area contributed by atoms with Crippen LogP contribution in [-0.4, -0.2) is 42.8 Å². The van der Waals surface area contributed by atoms with Gasteiger partial charge in [-0.2, -0.15) is 43.9 Å². The average Bonchev–Trinajstić information content (AvgIpc) is 2.31. The van der Waals surface area contributed by atoms with Crippen molar-refractivity contribution in [2.24, 2.45) is 5.41 Å². The van der Waals surface area contributed by atoms with E-state index in [1.54, 1.807) is 20.8 Å². The highest BCUT2D eigenvalue weighted by atomic mass is 19.4. The van der Waals surface area contributed by atoms with Crippen LogP contribution >= 0.6 is 0 Å². The molecule has 0 aliphatic carbocycles. The third-order valence-electron chi connectivity index (χ3n) is 2.89. The molecule has 0 amide bonds. The third-order valence-corrected chi connectivity index (χ3v) is 2.89. The molecule has 0 N–H and O–H groups in total. The Kier molecular flexibility index (Phi) is 6.33. The number of hydrogen-bond acceptors (Lipinski definition) is 1. The van der Waals surface area contributed by atoms with Gasteiger partial charge in [0.05, 0.1) is 13.2 Å². The van der Waals surface area contributed by atoms with E-state index in [1.165, 1.54) is 0 Å². The second-order valence-electron chi connectivity index (χ2n) is 6.68. The summed E-state index contributed by atoms with van der Waals surface area (Å²) < 4.78 is 135. The van der Waals surface area contributed by atoms with Crippen LogP contribution in [0.4, 0.5) is 43.9 Å². The molecule has 0 atom stereocenters. The SMILES string of the molecule is CC(C)(C)COCCC(F)(F)C(F)(F)C(F)(F)C(F)(F)C(C)(F)F. The summed E-state index contributed by atoms with van der Waals surface area (Å²) in [7, 11) is 0. The zero-order valence-electron chi connectivity index (χ0n) is 13.3. The molecule has 0 bridgehead atoms. The second kappa shape index (κ2) is 6.53. The summed E-state index contributed by atoms with van der Waals surface area (Å²) in [5.74, 6) is -31.7. The van der Waals surface area contributed by atoms with Gasteiger partial charge in [-0.05, 0) is 5.41 Å². The predicted octanol–water partition coefficient (Wildman–Crippen LogP) is 5.64. The van der Waals surface area contributed by atoms with Crippen molar-refractivity contribution < 1.29 is 48.6 Å². The minimum atomic E-state index is -6.98. The summed E-state index contributed by atoms with van der Waals surface area (Å²) in [6, 6.07) is 0. The van der Waals surface area contributed by atoms with E-state index in [-0.39, 0.29) is 6.61 Å². The first-order valence-corrected chi connectivity index (χ1v) is 6.67. The molecule has 0 spiro atoms. The first-order valence-electron chi connectivity index (χ1n) is 6.67. The molecule has 0 saturated carbocycles. The highest BCUT2D eigenvalue weighted by Crippen LogP contribution is 2.57. The van der Waals surface area contributed by atoms with Crippen LogP contribution in [0.5, 0.6) is 0 Å². The van der Waals surface area contributed by atoms with E-state index in [4.69, 9.17) is 0 Å². The lowest BCUT2D eigenvalue weighted by molar-refractivity contribution is -0.400. The van der Waals surface area contributed by atoms with E-state index >= 15 is 0 Å². The fourth-order valence-corrected chi connectivity index (χ4v) is 1.44. The van der Waals surface area contributed by atoms with Crippen LogP contribution in [0.3, 0.4) is 0 Å². The van der Waals surface area contributed by atoms with E-state index in [9.17, 15) is 43.9 Å². The van der Waals surface area contributed by atoms with E-state index in [2.05, 4.69) is 4.74 Å². The second-order valence-corrected chi connectivity index (χ2v) is 6.68. The normalized spacial score (nSPS) is 15.8. The zero-order chi connectivity index (χ0) is 19.8. The molecule has 0 aromatic rings. The molecule has 0 aromatic heterocycles. The van der Waals surface area contributed by atoms with Crippen LogP contribution in [-0.2, 0) is 4.74 Å². The van der Waals surface area contributed by atoms with Crippen molar-refractivity contribution in [3.05, 3.63) is 0 Å². The van der Waals surface area contributed by atoms with Crippen molar-refractivity contribution in [3.63, 3.8) is 0 Å². The molecule has 0 rings (SSSR count). The van der Waals surface area contributed by atoms with Crippen LogP contribution in [0, 0.1) is 5.41 Å². The zero-order valence-corrected chi connectivity index (χ0v) is 13.3. The van der Waals surface area contributed by atoms with Gasteiger partial charge < -0.3 is 4.74 Å².